The summed E-state index contributed by atoms with van der Waals surface area (Å²) in [6, 6.07) is 12.0. The number of hydrogen-bond donors (Lipinski definition) is 1. The summed E-state index contributed by atoms with van der Waals surface area (Å²) in [5.74, 6) is -0.270. The Morgan fingerprint density at radius 2 is 1.91 bits per heavy atom. The third-order valence-electron chi connectivity index (χ3n) is 5.08. The van der Waals surface area contributed by atoms with Crippen molar-refractivity contribution in [3.05, 3.63) is 86.3 Å². The Labute approximate surface area is 192 Å². The Morgan fingerprint density at radius 1 is 1.18 bits per heavy atom. The van der Waals surface area contributed by atoms with E-state index in [2.05, 4.69) is 10.3 Å². The Hall–Kier alpha value is -3.92. The van der Waals surface area contributed by atoms with Crippen LogP contribution in [0.5, 0.6) is 5.75 Å². The van der Waals surface area contributed by atoms with Crippen LogP contribution in [0.25, 0.3) is 11.8 Å². The summed E-state index contributed by atoms with van der Waals surface area (Å²) in [6.07, 6.45) is 1.77. The van der Waals surface area contributed by atoms with Crippen molar-refractivity contribution in [1.29, 1.82) is 0 Å². The number of hydrogen-bond acceptors (Lipinski definition) is 6. The maximum atomic E-state index is 13.1. The molecule has 0 spiro atoms. The first-order valence-electron chi connectivity index (χ1n) is 9.83. The number of amidine groups is 1. The molecule has 33 heavy (non-hydrogen) atoms. The molecule has 1 N–H and O–H groups in total. The van der Waals surface area contributed by atoms with Crippen LogP contribution in [0.1, 0.15) is 17.0 Å². The van der Waals surface area contributed by atoms with Gasteiger partial charge in [-0.2, -0.15) is 0 Å². The number of aromatic nitrogens is 1. The molecule has 3 aromatic rings. The highest BCUT2D eigenvalue weighted by Crippen LogP contribution is 2.34. The third-order valence-corrected chi connectivity index (χ3v) is 5.99. The van der Waals surface area contributed by atoms with Crippen LogP contribution in [0.4, 0.5) is 15.8 Å². The average molecular weight is 466 g/mol. The lowest BCUT2D eigenvalue weighted by atomic mass is 10.2. The van der Waals surface area contributed by atoms with Crippen molar-refractivity contribution < 1.29 is 18.8 Å². The highest BCUT2D eigenvalue weighted by molar-refractivity contribution is 8.18. The standard InChI is InChI=1S/C23H19FN4O4S/c1-13-10-15(14(2)27(13)19-9-8-18(28(30)31)12-20(19)32-3)11-21-22(29)26-23(33-21)25-17-6-4-16(24)5-7-17/h4-12H,1-3H3,(H,25,26,29)/b21-11+. The van der Waals surface area contributed by atoms with E-state index in [0.717, 1.165) is 17.0 Å². The first-order chi connectivity index (χ1) is 15.8. The minimum atomic E-state index is -0.474. The zero-order chi connectivity index (χ0) is 23.7. The summed E-state index contributed by atoms with van der Waals surface area (Å²) in [4.78, 5) is 27.9. The van der Waals surface area contributed by atoms with Gasteiger partial charge >= 0.3 is 0 Å². The van der Waals surface area contributed by atoms with E-state index < -0.39 is 4.92 Å². The molecule has 2 aromatic carbocycles. The number of methoxy groups -OCH3 is 1. The van der Waals surface area contributed by atoms with E-state index in [0.29, 0.717) is 27.2 Å². The minimum Gasteiger partial charge on any atom is -0.494 e. The molecule has 1 aliphatic heterocycles. The maximum absolute atomic E-state index is 13.1. The van der Waals surface area contributed by atoms with E-state index in [4.69, 9.17) is 4.74 Å². The van der Waals surface area contributed by atoms with Crippen LogP contribution in [0, 0.1) is 29.8 Å². The Bertz CT molecular complexity index is 1330. The maximum Gasteiger partial charge on any atom is 0.273 e. The van der Waals surface area contributed by atoms with E-state index in [1.807, 2.05) is 24.5 Å². The summed E-state index contributed by atoms with van der Waals surface area (Å²) in [5, 5.41) is 14.2. The predicted molar refractivity (Wildman–Crippen MR) is 126 cm³/mol. The topological polar surface area (TPSA) is 98.8 Å². The van der Waals surface area contributed by atoms with Gasteiger partial charge in [0.2, 0.25) is 0 Å². The van der Waals surface area contributed by atoms with Crippen LogP contribution in [0.15, 0.2) is 58.4 Å². The molecule has 1 amide bonds. The Kier molecular flexibility index (Phi) is 6.01. The lowest BCUT2D eigenvalue weighted by Crippen LogP contribution is -2.19. The first-order valence-corrected chi connectivity index (χ1v) is 10.7. The van der Waals surface area contributed by atoms with Crippen molar-refractivity contribution >= 4 is 40.3 Å². The molecule has 1 fully saturated rings. The highest BCUT2D eigenvalue weighted by atomic mass is 32.2. The first kappa shape index (κ1) is 22.3. The molecule has 1 aliphatic rings. The molecule has 1 aromatic heterocycles. The number of thioether (sulfide) groups is 1. The van der Waals surface area contributed by atoms with E-state index in [1.54, 1.807) is 12.1 Å². The quantitative estimate of drug-likeness (QED) is 0.323. The fourth-order valence-corrected chi connectivity index (χ4v) is 4.36. The van der Waals surface area contributed by atoms with Crippen molar-refractivity contribution in [3.8, 4) is 11.4 Å². The third kappa shape index (κ3) is 4.51. The smallest absolute Gasteiger partial charge is 0.273 e. The second-order valence-electron chi connectivity index (χ2n) is 7.23. The summed E-state index contributed by atoms with van der Waals surface area (Å²) in [7, 11) is 1.46. The molecule has 4 rings (SSSR count). The predicted octanol–water partition coefficient (Wildman–Crippen LogP) is 5.04. The molecule has 0 aliphatic carbocycles. The molecule has 0 unspecified atom stereocenters. The molecular weight excluding hydrogens is 447 g/mol. The Morgan fingerprint density at radius 3 is 2.58 bits per heavy atom. The largest absolute Gasteiger partial charge is 0.494 e. The van der Waals surface area contributed by atoms with E-state index in [-0.39, 0.29) is 17.4 Å². The van der Waals surface area contributed by atoms with E-state index in [1.165, 1.54) is 55.3 Å². The minimum absolute atomic E-state index is 0.0626. The Balaban J connectivity index is 1.67. The number of carbonyl (C=O) groups excluding carboxylic acids is 1. The van der Waals surface area contributed by atoms with Gasteiger partial charge in [-0.3, -0.25) is 14.9 Å². The molecule has 0 atom stereocenters. The molecular formula is C23H19FN4O4S. The molecule has 10 heteroatoms. The van der Waals surface area contributed by atoms with Gasteiger partial charge in [-0.1, -0.05) is 0 Å². The number of nitro groups is 1. The van der Waals surface area contributed by atoms with Gasteiger partial charge in [0.1, 0.15) is 11.6 Å². The summed E-state index contributed by atoms with van der Waals surface area (Å²) < 4.78 is 20.4. The molecule has 168 valence electrons. The number of aryl methyl sites for hydroxylation is 1. The number of carbonyl (C=O) groups is 1. The normalized spacial score (nSPS) is 15.8. The lowest BCUT2D eigenvalue weighted by molar-refractivity contribution is -0.384. The van der Waals surface area contributed by atoms with Gasteiger partial charge in [-0.25, -0.2) is 9.38 Å². The van der Waals surface area contributed by atoms with Gasteiger partial charge in [-0.05, 0) is 73.6 Å². The molecule has 1 saturated heterocycles. The van der Waals surface area contributed by atoms with Crippen molar-refractivity contribution in [2.24, 2.45) is 4.99 Å². The second kappa shape index (κ2) is 8.91. The lowest BCUT2D eigenvalue weighted by Gasteiger charge is -2.13. The highest BCUT2D eigenvalue weighted by Gasteiger charge is 2.25. The zero-order valence-corrected chi connectivity index (χ0v) is 18.8. The monoisotopic (exact) mass is 466 g/mol. The van der Waals surface area contributed by atoms with E-state index in [9.17, 15) is 19.3 Å². The fourth-order valence-electron chi connectivity index (χ4n) is 3.52. The van der Waals surface area contributed by atoms with Gasteiger partial charge in [0.15, 0.2) is 5.17 Å². The number of amides is 1. The van der Waals surface area contributed by atoms with Crippen LogP contribution < -0.4 is 10.1 Å². The zero-order valence-electron chi connectivity index (χ0n) is 18.0. The molecule has 0 bridgehead atoms. The van der Waals surface area contributed by atoms with Crippen molar-refractivity contribution in [2.75, 3.05) is 7.11 Å². The van der Waals surface area contributed by atoms with Crippen LogP contribution >= 0.6 is 11.8 Å². The van der Waals surface area contributed by atoms with Crippen molar-refractivity contribution in [1.82, 2.24) is 9.88 Å². The van der Waals surface area contributed by atoms with Crippen LogP contribution in [0.2, 0.25) is 0 Å². The van der Waals surface area contributed by atoms with Crippen LogP contribution in [0.3, 0.4) is 0 Å². The van der Waals surface area contributed by atoms with Gasteiger partial charge < -0.3 is 14.6 Å². The number of halogens is 1. The van der Waals surface area contributed by atoms with Crippen molar-refractivity contribution in [3.63, 3.8) is 0 Å². The number of rotatable bonds is 5. The SMILES string of the molecule is COc1cc([N+](=O)[O-])ccc1-n1c(C)cc(/C=C2/SC(=Nc3ccc(F)cc3)NC2=O)c1C. The summed E-state index contributed by atoms with van der Waals surface area (Å²) in [5.41, 5.74) is 3.65. The summed E-state index contributed by atoms with van der Waals surface area (Å²) in [6.45, 7) is 3.80. The number of nitrogens with zero attached hydrogens (tertiary/aromatic N) is 3. The number of non-ortho nitro benzene ring substituents is 1. The fraction of sp³-hybridized carbons (Fsp3) is 0.130. The summed E-state index contributed by atoms with van der Waals surface area (Å²) >= 11 is 1.19. The number of benzene rings is 2. The number of ether oxygens (including phenoxy) is 1. The van der Waals surface area contributed by atoms with Crippen molar-refractivity contribution in [2.45, 2.75) is 13.8 Å². The second-order valence-corrected chi connectivity index (χ2v) is 8.26. The van der Waals surface area contributed by atoms with Gasteiger partial charge in [-0.15, -0.1) is 0 Å². The number of nitrogens with one attached hydrogen (secondary N) is 1. The van der Waals surface area contributed by atoms with Gasteiger partial charge in [0, 0.05) is 17.5 Å². The van der Waals surface area contributed by atoms with Gasteiger partial charge in [0.05, 0.1) is 34.4 Å². The van der Waals surface area contributed by atoms with Crippen LogP contribution in [-0.2, 0) is 4.79 Å². The average Bonchev–Trinajstić information content (AvgIpc) is 3.27. The molecule has 2 heterocycles. The molecule has 0 saturated carbocycles. The number of aliphatic imine (C=N–C) groups is 1. The number of nitro benzene ring substituents is 1. The van der Waals surface area contributed by atoms with Gasteiger partial charge in [0.25, 0.3) is 11.6 Å². The van der Waals surface area contributed by atoms with E-state index >= 15 is 0 Å². The van der Waals surface area contributed by atoms with Crippen LogP contribution in [-0.4, -0.2) is 27.7 Å². The molecule has 0 radical (unpaired) electrons. The molecule has 8 nitrogen and oxygen atoms in total.